The third kappa shape index (κ3) is 2.69. The Bertz CT molecular complexity index is 650. The number of hydrogen-bond donors (Lipinski definition) is 1. The van der Waals surface area contributed by atoms with Gasteiger partial charge >= 0.3 is 5.97 Å². The highest BCUT2D eigenvalue weighted by Gasteiger charge is 2.33. The highest BCUT2D eigenvalue weighted by molar-refractivity contribution is 7.13. The molecule has 21 heavy (non-hydrogen) atoms. The molecule has 0 unspecified atom stereocenters. The number of carboxylic acids is 1. The van der Waals surface area contributed by atoms with Crippen molar-refractivity contribution in [3.8, 4) is 10.6 Å². The summed E-state index contributed by atoms with van der Waals surface area (Å²) in [7, 11) is 0. The summed E-state index contributed by atoms with van der Waals surface area (Å²) in [5.41, 5.74) is 0.159. The van der Waals surface area contributed by atoms with E-state index in [2.05, 4.69) is 5.16 Å². The number of rotatable bonds is 3. The second-order valence-electron chi connectivity index (χ2n) is 4.90. The van der Waals surface area contributed by atoms with E-state index in [0.717, 1.165) is 17.7 Å². The number of carbonyl (C=O) groups is 2. The molecule has 1 saturated heterocycles. The van der Waals surface area contributed by atoms with Crippen molar-refractivity contribution in [2.45, 2.75) is 25.3 Å². The lowest BCUT2D eigenvalue weighted by molar-refractivity contribution is -0.143. The predicted molar refractivity (Wildman–Crippen MR) is 76.1 cm³/mol. The fourth-order valence-corrected chi connectivity index (χ4v) is 3.16. The molecule has 1 atom stereocenters. The van der Waals surface area contributed by atoms with E-state index < -0.39 is 12.0 Å². The lowest BCUT2D eigenvalue weighted by Crippen LogP contribution is -2.48. The zero-order valence-electron chi connectivity index (χ0n) is 11.2. The minimum atomic E-state index is -0.968. The fraction of sp³-hybridized carbons (Fsp3) is 0.357. The first kappa shape index (κ1) is 13.8. The number of piperidine rings is 1. The second-order valence-corrected chi connectivity index (χ2v) is 5.85. The molecule has 7 heteroatoms. The van der Waals surface area contributed by atoms with Crippen molar-refractivity contribution in [1.82, 2.24) is 10.1 Å². The van der Waals surface area contributed by atoms with Gasteiger partial charge in [-0.25, -0.2) is 4.79 Å². The normalized spacial score (nSPS) is 18.7. The van der Waals surface area contributed by atoms with Crippen LogP contribution in [0.5, 0.6) is 0 Å². The number of thiophene rings is 1. The number of aliphatic carboxylic acids is 1. The highest BCUT2D eigenvalue weighted by Crippen LogP contribution is 2.26. The number of aromatic nitrogens is 1. The number of hydrogen-bond acceptors (Lipinski definition) is 5. The van der Waals surface area contributed by atoms with Gasteiger partial charge in [0.1, 0.15) is 6.04 Å². The quantitative estimate of drug-likeness (QED) is 0.941. The summed E-state index contributed by atoms with van der Waals surface area (Å²) in [6.07, 6.45) is 2.11. The van der Waals surface area contributed by atoms with E-state index >= 15 is 0 Å². The third-order valence-electron chi connectivity index (χ3n) is 3.54. The Balaban J connectivity index is 1.83. The fourth-order valence-electron chi connectivity index (χ4n) is 2.49. The van der Waals surface area contributed by atoms with Crippen LogP contribution in [-0.4, -0.2) is 39.6 Å². The Morgan fingerprint density at radius 1 is 1.43 bits per heavy atom. The van der Waals surface area contributed by atoms with E-state index in [4.69, 9.17) is 4.52 Å². The Hall–Kier alpha value is -2.15. The molecule has 6 nitrogen and oxygen atoms in total. The number of likely N-dealkylation sites (tertiary alicyclic amines) is 1. The molecule has 0 bridgehead atoms. The Kier molecular flexibility index (Phi) is 3.74. The van der Waals surface area contributed by atoms with Gasteiger partial charge in [-0.15, -0.1) is 11.3 Å². The number of carbonyl (C=O) groups excluding carboxylic acids is 1. The average Bonchev–Trinajstić information content (AvgIpc) is 3.17. The number of nitrogens with zero attached hydrogens (tertiary/aromatic N) is 2. The molecule has 3 rings (SSSR count). The summed E-state index contributed by atoms with van der Waals surface area (Å²) in [5, 5.41) is 14.9. The molecular weight excluding hydrogens is 292 g/mol. The van der Waals surface area contributed by atoms with Crippen molar-refractivity contribution in [1.29, 1.82) is 0 Å². The minimum absolute atomic E-state index is 0.159. The summed E-state index contributed by atoms with van der Waals surface area (Å²) in [6.45, 7) is 0.441. The predicted octanol–water partition coefficient (Wildman–Crippen LogP) is 2.48. The molecule has 1 aliphatic rings. The average molecular weight is 306 g/mol. The maximum Gasteiger partial charge on any atom is 0.326 e. The first-order chi connectivity index (χ1) is 10.2. The number of carboxylic acid groups (broad SMARTS) is 1. The lowest BCUT2D eigenvalue weighted by atomic mass is 10.0. The first-order valence-corrected chi connectivity index (χ1v) is 7.59. The summed E-state index contributed by atoms with van der Waals surface area (Å²) in [4.78, 5) is 26.0. The smallest absolute Gasteiger partial charge is 0.326 e. The van der Waals surface area contributed by atoms with Crippen molar-refractivity contribution in [2.75, 3.05) is 6.54 Å². The van der Waals surface area contributed by atoms with Crippen LogP contribution in [0, 0.1) is 0 Å². The van der Waals surface area contributed by atoms with Crippen LogP contribution in [-0.2, 0) is 4.79 Å². The molecular formula is C14H14N2O4S. The van der Waals surface area contributed by atoms with Crippen LogP contribution >= 0.6 is 11.3 Å². The zero-order chi connectivity index (χ0) is 14.8. The molecule has 0 saturated carbocycles. The lowest BCUT2D eigenvalue weighted by Gasteiger charge is -2.32. The van der Waals surface area contributed by atoms with Gasteiger partial charge in [0.05, 0.1) is 4.88 Å². The first-order valence-electron chi connectivity index (χ1n) is 6.71. The van der Waals surface area contributed by atoms with E-state index in [1.54, 1.807) is 6.07 Å². The molecule has 2 aromatic heterocycles. The van der Waals surface area contributed by atoms with Gasteiger partial charge in [0.25, 0.3) is 5.91 Å². The van der Waals surface area contributed by atoms with Crippen LogP contribution < -0.4 is 0 Å². The third-order valence-corrected chi connectivity index (χ3v) is 4.43. The van der Waals surface area contributed by atoms with E-state index in [-0.39, 0.29) is 11.6 Å². The SMILES string of the molecule is O=C(O)[C@@H]1CCCCN1C(=O)c1cc(-c2cccs2)on1. The van der Waals surface area contributed by atoms with Crippen molar-refractivity contribution >= 4 is 23.2 Å². The summed E-state index contributed by atoms with van der Waals surface area (Å²) in [6, 6.07) is 4.56. The van der Waals surface area contributed by atoms with Crippen LogP contribution in [0.4, 0.5) is 0 Å². The molecule has 3 heterocycles. The Morgan fingerprint density at radius 2 is 2.29 bits per heavy atom. The molecule has 110 valence electrons. The van der Waals surface area contributed by atoms with Gasteiger partial charge in [0, 0.05) is 12.6 Å². The van der Waals surface area contributed by atoms with E-state index in [1.807, 2.05) is 17.5 Å². The van der Waals surface area contributed by atoms with Crippen molar-refractivity contribution in [3.05, 3.63) is 29.3 Å². The largest absolute Gasteiger partial charge is 0.480 e. The van der Waals surface area contributed by atoms with Crippen LogP contribution in [0.25, 0.3) is 10.6 Å². The van der Waals surface area contributed by atoms with Gasteiger partial charge in [-0.2, -0.15) is 0 Å². The van der Waals surface area contributed by atoms with E-state index in [0.29, 0.717) is 18.7 Å². The molecule has 1 N–H and O–H groups in total. The Labute approximate surface area is 125 Å². The minimum Gasteiger partial charge on any atom is -0.480 e. The molecule has 2 aromatic rings. The monoisotopic (exact) mass is 306 g/mol. The van der Waals surface area contributed by atoms with Crippen molar-refractivity contribution in [3.63, 3.8) is 0 Å². The van der Waals surface area contributed by atoms with E-state index in [9.17, 15) is 14.7 Å². The van der Waals surface area contributed by atoms with Crippen LogP contribution in [0.1, 0.15) is 29.8 Å². The van der Waals surface area contributed by atoms with Gasteiger partial charge in [-0.05, 0) is 30.7 Å². The number of amides is 1. The second kappa shape index (κ2) is 5.69. The molecule has 0 aliphatic carbocycles. The van der Waals surface area contributed by atoms with Crippen LogP contribution in [0.3, 0.4) is 0 Å². The maximum absolute atomic E-state index is 12.4. The van der Waals surface area contributed by atoms with Gasteiger partial charge in [0.15, 0.2) is 11.5 Å². The standard InChI is InChI=1S/C14H14N2O4S/c17-13(16-6-2-1-4-10(16)14(18)19)9-8-11(20-15-9)12-5-3-7-21-12/h3,5,7-8,10H,1-2,4,6H2,(H,18,19)/t10-/m0/s1. The molecule has 1 aliphatic heterocycles. The topological polar surface area (TPSA) is 83.6 Å². The van der Waals surface area contributed by atoms with Crippen LogP contribution in [0.2, 0.25) is 0 Å². The van der Waals surface area contributed by atoms with Gasteiger partial charge in [-0.1, -0.05) is 11.2 Å². The molecule has 1 fully saturated rings. The zero-order valence-corrected chi connectivity index (χ0v) is 12.0. The van der Waals surface area contributed by atoms with Gasteiger partial charge < -0.3 is 14.5 Å². The molecule has 0 spiro atoms. The molecule has 0 radical (unpaired) electrons. The van der Waals surface area contributed by atoms with E-state index in [1.165, 1.54) is 16.2 Å². The molecule has 1 amide bonds. The van der Waals surface area contributed by atoms with Gasteiger partial charge in [0.2, 0.25) is 0 Å². The maximum atomic E-state index is 12.4. The highest BCUT2D eigenvalue weighted by atomic mass is 32.1. The van der Waals surface area contributed by atoms with Crippen molar-refractivity contribution < 1.29 is 19.2 Å². The molecule has 0 aromatic carbocycles. The summed E-state index contributed by atoms with van der Waals surface area (Å²) >= 11 is 1.49. The van der Waals surface area contributed by atoms with Crippen LogP contribution in [0.15, 0.2) is 28.1 Å². The summed E-state index contributed by atoms with van der Waals surface area (Å²) < 4.78 is 5.18. The van der Waals surface area contributed by atoms with Gasteiger partial charge in [-0.3, -0.25) is 4.79 Å². The Morgan fingerprint density at radius 3 is 3.00 bits per heavy atom. The summed E-state index contributed by atoms with van der Waals surface area (Å²) in [5.74, 6) is -0.823. The van der Waals surface area contributed by atoms with Crippen molar-refractivity contribution in [2.24, 2.45) is 0 Å².